The van der Waals surface area contributed by atoms with Crippen LogP contribution in [0.3, 0.4) is 0 Å². The number of likely N-dealkylation sites (N-methyl/N-ethyl adjacent to an activating group) is 1. The lowest BCUT2D eigenvalue weighted by molar-refractivity contribution is -0.116. The van der Waals surface area contributed by atoms with Crippen LogP contribution in [0.1, 0.15) is 18.5 Å². The smallest absolute Gasteiger partial charge is 0.245 e. The normalized spacial score (nSPS) is 26.6. The summed E-state index contributed by atoms with van der Waals surface area (Å²) in [5.41, 5.74) is 8.71. The van der Waals surface area contributed by atoms with E-state index in [-0.39, 0.29) is 5.91 Å². The van der Waals surface area contributed by atoms with Gasteiger partial charge in [0.05, 0.1) is 5.69 Å². The first kappa shape index (κ1) is 13.9. The number of fused-ring (bicyclic) bond motifs is 1. The molecule has 0 saturated carbocycles. The molecule has 0 spiro atoms. The zero-order valence-corrected chi connectivity index (χ0v) is 13.3. The van der Waals surface area contributed by atoms with Gasteiger partial charge in [-0.3, -0.25) is 4.79 Å². The molecule has 0 aliphatic carbocycles. The molecule has 3 N–H and O–H groups in total. The molecular weight excluding hydrogens is 320 g/mol. The average Bonchev–Trinajstić information content (AvgIpc) is 2.65. The molecule has 6 heteroatoms. The summed E-state index contributed by atoms with van der Waals surface area (Å²) < 4.78 is 1.000. The van der Waals surface area contributed by atoms with Gasteiger partial charge < -0.3 is 20.9 Å². The van der Waals surface area contributed by atoms with Gasteiger partial charge in [-0.15, -0.1) is 0 Å². The second-order valence-electron chi connectivity index (χ2n) is 5.66. The van der Waals surface area contributed by atoms with E-state index in [0.29, 0.717) is 6.04 Å². The third-order valence-electron chi connectivity index (χ3n) is 4.13. The van der Waals surface area contributed by atoms with Crippen LogP contribution in [0.4, 0.5) is 11.4 Å². The van der Waals surface area contributed by atoms with Gasteiger partial charge in [0, 0.05) is 41.4 Å². The van der Waals surface area contributed by atoms with Gasteiger partial charge in [-0.05, 0) is 42.0 Å². The van der Waals surface area contributed by atoms with Crippen molar-refractivity contribution >= 4 is 33.2 Å². The molecule has 108 valence electrons. The number of amides is 1. The fraction of sp³-hybridized carbons (Fsp3) is 0.500. The largest absolute Gasteiger partial charge is 0.365 e. The van der Waals surface area contributed by atoms with Crippen LogP contribution in [-0.4, -0.2) is 43.5 Å². The third-order valence-corrected chi connectivity index (χ3v) is 4.77. The van der Waals surface area contributed by atoms with Crippen LogP contribution >= 0.6 is 15.9 Å². The standard InChI is InChI=1S/C14H19BrN4O/c1-8-7-18(2)3-4-19(8)12-6-11-9(5-10(12)15)13(16)14(20)17-11/h5-6,8,13H,3-4,7,16H2,1-2H3,(H,17,20). The van der Waals surface area contributed by atoms with Crippen molar-refractivity contribution in [2.75, 3.05) is 36.9 Å². The minimum Gasteiger partial charge on any atom is -0.365 e. The van der Waals surface area contributed by atoms with E-state index in [0.717, 1.165) is 41.0 Å². The predicted molar refractivity (Wildman–Crippen MR) is 84.0 cm³/mol. The Bertz CT molecular complexity index is 562. The molecule has 1 saturated heterocycles. The highest BCUT2D eigenvalue weighted by Gasteiger charge is 2.30. The quantitative estimate of drug-likeness (QED) is 0.815. The van der Waals surface area contributed by atoms with Crippen LogP contribution in [0.15, 0.2) is 16.6 Å². The number of nitrogens with one attached hydrogen (secondary N) is 1. The number of nitrogens with zero attached hydrogens (tertiary/aromatic N) is 2. The summed E-state index contributed by atoms with van der Waals surface area (Å²) in [5.74, 6) is -0.129. The van der Waals surface area contributed by atoms with Gasteiger partial charge >= 0.3 is 0 Å². The number of benzene rings is 1. The van der Waals surface area contributed by atoms with Crippen molar-refractivity contribution < 1.29 is 4.79 Å². The lowest BCUT2D eigenvalue weighted by atomic mass is 10.1. The molecule has 5 nitrogen and oxygen atoms in total. The molecule has 1 fully saturated rings. The third kappa shape index (κ3) is 2.21. The molecule has 0 aromatic heterocycles. The first-order valence-corrected chi connectivity index (χ1v) is 7.61. The van der Waals surface area contributed by atoms with Crippen LogP contribution in [0.25, 0.3) is 0 Å². The zero-order valence-electron chi connectivity index (χ0n) is 11.7. The van der Waals surface area contributed by atoms with E-state index in [9.17, 15) is 4.79 Å². The Hall–Kier alpha value is -1.11. The first-order chi connectivity index (χ1) is 9.47. The van der Waals surface area contributed by atoms with Gasteiger partial charge in [-0.1, -0.05) is 0 Å². The average molecular weight is 339 g/mol. The number of anilines is 2. The first-order valence-electron chi connectivity index (χ1n) is 6.82. The summed E-state index contributed by atoms with van der Waals surface area (Å²) >= 11 is 3.63. The van der Waals surface area contributed by atoms with Crippen LogP contribution in [0.2, 0.25) is 0 Å². The lowest BCUT2D eigenvalue weighted by Crippen LogP contribution is -2.50. The molecule has 2 atom stereocenters. The van der Waals surface area contributed by atoms with E-state index < -0.39 is 6.04 Å². The Labute approximate surface area is 127 Å². The highest BCUT2D eigenvalue weighted by atomic mass is 79.9. The summed E-state index contributed by atoms with van der Waals surface area (Å²) in [6, 6.07) is 3.89. The van der Waals surface area contributed by atoms with Gasteiger partial charge in [0.15, 0.2) is 0 Å². The summed E-state index contributed by atoms with van der Waals surface area (Å²) in [7, 11) is 2.14. The minimum atomic E-state index is -0.555. The second kappa shape index (κ2) is 5.02. The van der Waals surface area contributed by atoms with Crippen LogP contribution in [0.5, 0.6) is 0 Å². The Morgan fingerprint density at radius 2 is 2.15 bits per heavy atom. The van der Waals surface area contributed by atoms with Crippen molar-refractivity contribution in [3.05, 3.63) is 22.2 Å². The van der Waals surface area contributed by atoms with Crippen molar-refractivity contribution in [1.29, 1.82) is 0 Å². The maximum atomic E-state index is 11.7. The van der Waals surface area contributed by atoms with E-state index in [1.807, 2.05) is 12.1 Å². The Morgan fingerprint density at radius 1 is 1.40 bits per heavy atom. The number of carbonyl (C=O) groups excluding carboxylic acids is 1. The molecule has 2 unspecified atom stereocenters. The molecule has 1 aromatic rings. The molecule has 1 amide bonds. The Morgan fingerprint density at radius 3 is 2.85 bits per heavy atom. The number of piperazine rings is 1. The summed E-state index contributed by atoms with van der Waals surface area (Å²) in [6.45, 7) is 5.28. The van der Waals surface area contributed by atoms with Gasteiger partial charge in [-0.25, -0.2) is 0 Å². The highest BCUT2D eigenvalue weighted by Crippen LogP contribution is 2.39. The number of carbonyl (C=O) groups is 1. The molecule has 20 heavy (non-hydrogen) atoms. The van der Waals surface area contributed by atoms with Gasteiger partial charge in [0.25, 0.3) is 0 Å². The maximum absolute atomic E-state index is 11.7. The Kier molecular flexibility index (Phi) is 3.48. The zero-order chi connectivity index (χ0) is 14.4. The van der Waals surface area contributed by atoms with Crippen molar-refractivity contribution in [1.82, 2.24) is 4.90 Å². The molecule has 0 radical (unpaired) electrons. The molecular formula is C14H19BrN4O. The lowest BCUT2D eigenvalue weighted by Gasteiger charge is -2.40. The SMILES string of the molecule is CC1CN(C)CCN1c1cc2c(cc1Br)C(N)C(=O)N2. The molecule has 2 aliphatic heterocycles. The van der Waals surface area contributed by atoms with E-state index in [4.69, 9.17) is 5.73 Å². The number of rotatable bonds is 1. The summed E-state index contributed by atoms with van der Waals surface area (Å²) in [6.07, 6.45) is 0. The van der Waals surface area contributed by atoms with Crippen molar-refractivity contribution in [3.63, 3.8) is 0 Å². The van der Waals surface area contributed by atoms with E-state index in [1.165, 1.54) is 0 Å². The number of halogens is 1. The van der Waals surface area contributed by atoms with Crippen molar-refractivity contribution in [3.8, 4) is 0 Å². The number of nitrogens with two attached hydrogens (primary N) is 1. The van der Waals surface area contributed by atoms with Crippen molar-refractivity contribution in [2.24, 2.45) is 5.73 Å². The van der Waals surface area contributed by atoms with Gasteiger partial charge in [0.1, 0.15) is 6.04 Å². The second-order valence-corrected chi connectivity index (χ2v) is 6.52. The number of hydrogen-bond donors (Lipinski definition) is 2. The van der Waals surface area contributed by atoms with E-state index in [2.05, 4.69) is 45.0 Å². The summed E-state index contributed by atoms with van der Waals surface area (Å²) in [5, 5.41) is 2.86. The molecule has 1 aromatic carbocycles. The fourth-order valence-corrected chi connectivity index (χ4v) is 3.60. The minimum absolute atomic E-state index is 0.129. The van der Waals surface area contributed by atoms with E-state index in [1.54, 1.807) is 0 Å². The van der Waals surface area contributed by atoms with Crippen molar-refractivity contribution in [2.45, 2.75) is 19.0 Å². The summed E-state index contributed by atoms with van der Waals surface area (Å²) in [4.78, 5) is 16.4. The van der Waals surface area contributed by atoms with E-state index >= 15 is 0 Å². The van der Waals surface area contributed by atoms with Crippen LogP contribution in [0, 0.1) is 0 Å². The molecule has 3 rings (SSSR count). The topological polar surface area (TPSA) is 61.6 Å². The van der Waals surface area contributed by atoms with Gasteiger partial charge in [0.2, 0.25) is 5.91 Å². The van der Waals surface area contributed by atoms with Crippen LogP contribution < -0.4 is 16.0 Å². The molecule has 2 aliphatic rings. The Balaban J connectivity index is 1.96. The predicted octanol–water partition coefficient (Wildman–Crippen LogP) is 1.54. The highest BCUT2D eigenvalue weighted by molar-refractivity contribution is 9.10. The monoisotopic (exact) mass is 338 g/mol. The maximum Gasteiger partial charge on any atom is 0.245 e. The molecule has 2 heterocycles. The number of hydrogen-bond acceptors (Lipinski definition) is 4. The van der Waals surface area contributed by atoms with Crippen LogP contribution in [-0.2, 0) is 4.79 Å². The fourth-order valence-electron chi connectivity index (χ4n) is 3.01. The molecule has 0 bridgehead atoms. The van der Waals surface area contributed by atoms with Gasteiger partial charge in [-0.2, -0.15) is 0 Å².